The number of carbonyl (C=O) groups excluding carboxylic acids is 1. The van der Waals surface area contributed by atoms with E-state index in [-0.39, 0.29) is 5.91 Å². The second-order valence-electron chi connectivity index (χ2n) is 10.2. The minimum absolute atomic E-state index is 0.0389. The maximum absolute atomic E-state index is 12.7. The largest absolute Gasteiger partial charge is 0.379 e. The molecule has 2 aliphatic rings. The number of aromatic amines is 1. The number of nitrogens with one attached hydrogen (secondary N) is 2. The summed E-state index contributed by atoms with van der Waals surface area (Å²) in [6.07, 6.45) is 7.17. The molecule has 2 saturated heterocycles. The summed E-state index contributed by atoms with van der Waals surface area (Å²) in [7, 11) is 0. The molecule has 0 atom stereocenters. The van der Waals surface area contributed by atoms with Gasteiger partial charge < -0.3 is 25.0 Å². The first kappa shape index (κ1) is 25.6. The SMILES string of the molecule is CCN1CCC(Nc2c(Cl)cnc3[nH]c(-c4ccc(N5CCN(C(=O)c6cccnc6)CC5)cc4)nc23)CC1. The van der Waals surface area contributed by atoms with Crippen LogP contribution in [0.2, 0.25) is 5.02 Å². The predicted molar refractivity (Wildman–Crippen MR) is 155 cm³/mol. The topological polar surface area (TPSA) is 93.3 Å². The molecule has 1 aromatic carbocycles. The van der Waals surface area contributed by atoms with Gasteiger partial charge >= 0.3 is 0 Å². The molecule has 3 aromatic heterocycles. The first-order chi connectivity index (χ1) is 19.1. The van der Waals surface area contributed by atoms with Gasteiger partial charge in [-0.25, -0.2) is 9.97 Å². The van der Waals surface area contributed by atoms with Crippen LogP contribution in [0.25, 0.3) is 22.6 Å². The lowest BCUT2D eigenvalue weighted by Crippen LogP contribution is -2.48. The summed E-state index contributed by atoms with van der Waals surface area (Å²) in [5.74, 6) is 0.805. The number of rotatable bonds is 6. The van der Waals surface area contributed by atoms with E-state index in [1.54, 1.807) is 24.7 Å². The second-order valence-corrected chi connectivity index (χ2v) is 10.6. The number of piperazine rings is 1. The van der Waals surface area contributed by atoms with Crippen LogP contribution in [0.3, 0.4) is 0 Å². The molecule has 9 nitrogen and oxygen atoms in total. The van der Waals surface area contributed by atoms with Gasteiger partial charge in [-0.05, 0) is 55.8 Å². The van der Waals surface area contributed by atoms with Crippen molar-refractivity contribution in [2.24, 2.45) is 0 Å². The van der Waals surface area contributed by atoms with Crippen molar-refractivity contribution in [3.8, 4) is 11.4 Å². The van der Waals surface area contributed by atoms with Gasteiger partial charge in [-0.2, -0.15) is 0 Å². The molecule has 1 amide bonds. The van der Waals surface area contributed by atoms with Crippen LogP contribution in [-0.4, -0.2) is 87.5 Å². The lowest BCUT2D eigenvalue weighted by molar-refractivity contribution is 0.0746. The van der Waals surface area contributed by atoms with Gasteiger partial charge in [0, 0.05) is 69.0 Å². The molecular weight excluding hydrogens is 512 g/mol. The fraction of sp³-hybridized carbons (Fsp3) is 0.379. The number of piperidine rings is 1. The number of hydrogen-bond donors (Lipinski definition) is 2. The van der Waals surface area contributed by atoms with Crippen molar-refractivity contribution in [1.29, 1.82) is 0 Å². The van der Waals surface area contributed by atoms with Crippen molar-refractivity contribution >= 4 is 40.0 Å². The van der Waals surface area contributed by atoms with E-state index in [0.29, 0.717) is 29.7 Å². The van der Waals surface area contributed by atoms with Crippen LogP contribution in [0.15, 0.2) is 55.0 Å². The highest BCUT2D eigenvalue weighted by molar-refractivity contribution is 6.34. The average molecular weight is 545 g/mol. The molecule has 2 N–H and O–H groups in total. The highest BCUT2D eigenvalue weighted by atomic mass is 35.5. The Balaban J connectivity index is 1.13. The Kier molecular flexibility index (Phi) is 7.34. The number of H-pyrrole nitrogens is 1. The predicted octanol–water partition coefficient (Wildman–Crippen LogP) is 4.53. The third-order valence-electron chi connectivity index (χ3n) is 7.83. The molecule has 2 fully saturated rings. The number of fused-ring (bicyclic) bond motifs is 1. The third-order valence-corrected chi connectivity index (χ3v) is 8.12. The zero-order valence-electron chi connectivity index (χ0n) is 22.1. The molecule has 6 rings (SSSR count). The number of aromatic nitrogens is 4. The summed E-state index contributed by atoms with van der Waals surface area (Å²) in [5.41, 5.74) is 5.10. The van der Waals surface area contributed by atoms with E-state index in [0.717, 1.165) is 79.5 Å². The smallest absolute Gasteiger partial charge is 0.255 e. The summed E-state index contributed by atoms with van der Waals surface area (Å²) in [6.45, 7) is 8.41. The van der Waals surface area contributed by atoms with E-state index in [2.05, 4.69) is 61.3 Å². The Morgan fingerprint density at radius 1 is 1.05 bits per heavy atom. The van der Waals surface area contributed by atoms with E-state index in [1.807, 2.05) is 11.0 Å². The highest BCUT2D eigenvalue weighted by Gasteiger charge is 2.23. The molecule has 10 heteroatoms. The number of halogens is 1. The molecule has 0 saturated carbocycles. The summed E-state index contributed by atoms with van der Waals surface area (Å²) >= 11 is 6.58. The number of hydrogen-bond acceptors (Lipinski definition) is 7. The molecule has 0 radical (unpaired) electrons. The van der Waals surface area contributed by atoms with Crippen molar-refractivity contribution in [1.82, 2.24) is 29.7 Å². The maximum atomic E-state index is 12.7. The molecule has 0 aliphatic carbocycles. The van der Waals surface area contributed by atoms with E-state index in [1.165, 1.54) is 0 Å². The molecule has 2 aliphatic heterocycles. The van der Waals surface area contributed by atoms with Crippen LogP contribution in [0.5, 0.6) is 0 Å². The second kappa shape index (κ2) is 11.2. The minimum Gasteiger partial charge on any atom is -0.379 e. The molecule has 202 valence electrons. The number of imidazole rings is 1. The maximum Gasteiger partial charge on any atom is 0.255 e. The van der Waals surface area contributed by atoms with Gasteiger partial charge in [0.2, 0.25) is 0 Å². The van der Waals surface area contributed by atoms with E-state index >= 15 is 0 Å². The number of carbonyl (C=O) groups is 1. The lowest BCUT2D eigenvalue weighted by Gasteiger charge is -2.36. The summed E-state index contributed by atoms with van der Waals surface area (Å²) in [5, 5.41) is 4.25. The van der Waals surface area contributed by atoms with E-state index in [9.17, 15) is 4.79 Å². The van der Waals surface area contributed by atoms with Crippen LogP contribution in [0.1, 0.15) is 30.1 Å². The molecule has 39 heavy (non-hydrogen) atoms. The Bertz CT molecular complexity index is 1430. The van der Waals surface area contributed by atoms with Gasteiger partial charge in [0.1, 0.15) is 11.3 Å². The van der Waals surface area contributed by atoms with Gasteiger partial charge in [-0.15, -0.1) is 0 Å². The number of nitrogens with zero attached hydrogens (tertiary/aromatic N) is 6. The molecule has 0 bridgehead atoms. The molecule has 0 spiro atoms. The zero-order chi connectivity index (χ0) is 26.8. The van der Waals surface area contributed by atoms with Crippen LogP contribution >= 0.6 is 11.6 Å². The number of pyridine rings is 2. The third kappa shape index (κ3) is 5.42. The van der Waals surface area contributed by atoms with Crippen LogP contribution in [0.4, 0.5) is 11.4 Å². The van der Waals surface area contributed by atoms with Gasteiger partial charge in [-0.3, -0.25) is 9.78 Å². The fourth-order valence-electron chi connectivity index (χ4n) is 5.47. The number of benzene rings is 1. The van der Waals surface area contributed by atoms with Gasteiger partial charge in [0.25, 0.3) is 5.91 Å². The first-order valence-corrected chi connectivity index (χ1v) is 14.0. The van der Waals surface area contributed by atoms with Crippen LogP contribution < -0.4 is 10.2 Å². The lowest BCUT2D eigenvalue weighted by atomic mass is 10.0. The molecule has 0 unspecified atom stereocenters. The average Bonchev–Trinajstić information content (AvgIpc) is 3.44. The van der Waals surface area contributed by atoms with Crippen molar-refractivity contribution in [3.63, 3.8) is 0 Å². The molecule has 4 aromatic rings. The Morgan fingerprint density at radius 2 is 1.82 bits per heavy atom. The zero-order valence-corrected chi connectivity index (χ0v) is 22.9. The monoisotopic (exact) mass is 544 g/mol. The number of amides is 1. The Labute approximate surface area is 233 Å². The normalized spacial score (nSPS) is 17.1. The summed E-state index contributed by atoms with van der Waals surface area (Å²) < 4.78 is 0. The molecule has 5 heterocycles. The highest BCUT2D eigenvalue weighted by Crippen LogP contribution is 2.32. The van der Waals surface area contributed by atoms with Crippen molar-refractivity contribution in [2.45, 2.75) is 25.8 Å². The molecular formula is C29H33ClN8O. The summed E-state index contributed by atoms with van der Waals surface area (Å²) in [6, 6.07) is 12.4. The van der Waals surface area contributed by atoms with Crippen LogP contribution in [0, 0.1) is 0 Å². The fourth-order valence-corrected chi connectivity index (χ4v) is 5.66. The van der Waals surface area contributed by atoms with Crippen molar-refractivity contribution < 1.29 is 4.79 Å². The number of anilines is 2. The number of likely N-dealkylation sites (tertiary alicyclic amines) is 1. The quantitative estimate of drug-likeness (QED) is 0.368. The van der Waals surface area contributed by atoms with Gasteiger partial charge in [0.15, 0.2) is 5.65 Å². The van der Waals surface area contributed by atoms with E-state index in [4.69, 9.17) is 16.6 Å². The standard InChI is InChI=1S/C29H33ClN8O/c1-2-36-12-9-22(10-13-36)33-25-24(30)19-32-28-26(25)34-27(35-28)20-5-7-23(8-6-20)37-14-16-38(17-15-37)29(39)21-4-3-11-31-18-21/h3-8,11,18-19,22H,2,9-10,12-17H2,1H3,(H2,32,33,34,35). The first-order valence-electron chi connectivity index (χ1n) is 13.7. The van der Waals surface area contributed by atoms with E-state index < -0.39 is 0 Å². The Morgan fingerprint density at radius 3 is 2.51 bits per heavy atom. The Hall–Kier alpha value is -3.69. The van der Waals surface area contributed by atoms with Gasteiger partial charge in [-0.1, -0.05) is 18.5 Å². The summed E-state index contributed by atoms with van der Waals surface area (Å²) in [4.78, 5) is 36.3. The van der Waals surface area contributed by atoms with Crippen molar-refractivity contribution in [2.75, 3.05) is 56.0 Å². The van der Waals surface area contributed by atoms with Crippen LogP contribution in [-0.2, 0) is 0 Å². The van der Waals surface area contributed by atoms with Gasteiger partial charge in [0.05, 0.1) is 22.5 Å². The minimum atomic E-state index is 0.0389. The van der Waals surface area contributed by atoms with Crippen molar-refractivity contribution in [3.05, 3.63) is 65.6 Å².